The van der Waals surface area contributed by atoms with Crippen molar-refractivity contribution in [2.75, 3.05) is 18.4 Å². The Kier molecular flexibility index (Phi) is 5.58. The Labute approximate surface area is 175 Å². The number of piperidine rings is 1. The van der Waals surface area contributed by atoms with Crippen LogP contribution in [0.5, 0.6) is 0 Å². The second-order valence-electron chi connectivity index (χ2n) is 7.18. The normalized spacial score (nSPS) is 16.0. The summed E-state index contributed by atoms with van der Waals surface area (Å²) in [4.78, 5) is 12.9. The number of carbonyl (C=O) groups is 1. The van der Waals surface area contributed by atoms with E-state index in [1.54, 1.807) is 12.1 Å². The highest BCUT2D eigenvalue weighted by Gasteiger charge is 2.32. The van der Waals surface area contributed by atoms with E-state index in [9.17, 15) is 13.2 Å². The van der Waals surface area contributed by atoms with Crippen LogP contribution in [0.25, 0.3) is 10.8 Å². The van der Waals surface area contributed by atoms with Gasteiger partial charge in [-0.3, -0.25) is 4.79 Å². The van der Waals surface area contributed by atoms with E-state index < -0.39 is 10.0 Å². The molecule has 0 radical (unpaired) electrons. The number of rotatable bonds is 4. The third kappa shape index (κ3) is 4.29. The topological polar surface area (TPSA) is 66.5 Å². The van der Waals surface area contributed by atoms with Gasteiger partial charge in [0.25, 0.3) is 0 Å². The Morgan fingerprint density at radius 1 is 0.931 bits per heavy atom. The van der Waals surface area contributed by atoms with Gasteiger partial charge in [0.05, 0.1) is 4.90 Å². The molecule has 0 aromatic heterocycles. The molecule has 5 nitrogen and oxygen atoms in total. The van der Waals surface area contributed by atoms with Crippen molar-refractivity contribution in [1.29, 1.82) is 0 Å². The number of halogens is 1. The Morgan fingerprint density at radius 2 is 1.59 bits per heavy atom. The molecule has 150 valence electrons. The van der Waals surface area contributed by atoms with Crippen LogP contribution in [-0.2, 0) is 14.8 Å². The second kappa shape index (κ2) is 8.14. The van der Waals surface area contributed by atoms with Gasteiger partial charge in [-0.1, -0.05) is 41.9 Å². The molecule has 0 saturated carbocycles. The number of nitrogens with zero attached hydrogens (tertiary/aromatic N) is 1. The number of hydrogen-bond acceptors (Lipinski definition) is 3. The molecule has 1 aliphatic heterocycles. The van der Waals surface area contributed by atoms with Crippen molar-refractivity contribution in [2.45, 2.75) is 17.7 Å². The minimum Gasteiger partial charge on any atom is -0.326 e. The molecule has 3 aromatic rings. The standard InChI is InChI=1S/C22H21ClN2O3S/c23-19-6-9-21(10-7-19)29(27,28)25-13-11-17(12-14-25)22(26)24-20-8-5-16-3-1-2-4-18(16)15-20/h1-10,15,17H,11-14H2,(H,24,26). The number of amides is 1. The molecule has 1 saturated heterocycles. The molecule has 1 aliphatic rings. The van der Waals surface area contributed by atoms with Gasteiger partial charge in [-0.25, -0.2) is 8.42 Å². The van der Waals surface area contributed by atoms with Crippen molar-refractivity contribution < 1.29 is 13.2 Å². The quantitative estimate of drug-likeness (QED) is 0.663. The molecule has 0 aliphatic carbocycles. The van der Waals surface area contributed by atoms with Crippen molar-refractivity contribution in [2.24, 2.45) is 5.92 Å². The molecular formula is C22H21ClN2O3S. The van der Waals surface area contributed by atoms with Crippen LogP contribution in [0.3, 0.4) is 0 Å². The molecule has 29 heavy (non-hydrogen) atoms. The van der Waals surface area contributed by atoms with Crippen LogP contribution < -0.4 is 5.32 Å². The largest absolute Gasteiger partial charge is 0.326 e. The Hall–Kier alpha value is -2.41. The molecule has 0 bridgehead atoms. The summed E-state index contributed by atoms with van der Waals surface area (Å²) in [6.45, 7) is 0.640. The first-order valence-corrected chi connectivity index (χ1v) is 11.3. The summed E-state index contributed by atoms with van der Waals surface area (Å²) in [7, 11) is -3.57. The first kappa shape index (κ1) is 19.9. The fourth-order valence-electron chi connectivity index (χ4n) is 3.63. The van der Waals surface area contributed by atoms with Gasteiger partial charge >= 0.3 is 0 Å². The van der Waals surface area contributed by atoms with Gasteiger partial charge in [0.15, 0.2) is 0 Å². The van der Waals surface area contributed by atoms with Gasteiger partial charge in [0.2, 0.25) is 15.9 Å². The predicted octanol–water partition coefficient (Wildman–Crippen LogP) is 4.53. The van der Waals surface area contributed by atoms with E-state index in [2.05, 4.69) is 5.32 Å². The smallest absolute Gasteiger partial charge is 0.243 e. The maximum atomic E-state index is 12.8. The second-order valence-corrected chi connectivity index (χ2v) is 9.56. The zero-order chi connectivity index (χ0) is 20.4. The van der Waals surface area contributed by atoms with E-state index in [1.165, 1.54) is 16.4 Å². The Morgan fingerprint density at radius 3 is 2.28 bits per heavy atom. The summed E-state index contributed by atoms with van der Waals surface area (Å²) < 4.78 is 27.0. The molecule has 3 aromatic carbocycles. The number of carbonyl (C=O) groups excluding carboxylic acids is 1. The fraction of sp³-hybridized carbons (Fsp3) is 0.227. The summed E-state index contributed by atoms with van der Waals surface area (Å²) in [6, 6.07) is 19.9. The van der Waals surface area contributed by atoms with Crippen molar-refractivity contribution in [3.05, 3.63) is 71.8 Å². The van der Waals surface area contributed by atoms with Crippen LogP contribution in [0.15, 0.2) is 71.6 Å². The number of sulfonamides is 1. The minimum absolute atomic E-state index is 0.0659. The van der Waals surface area contributed by atoms with Crippen molar-refractivity contribution in [3.63, 3.8) is 0 Å². The molecule has 4 rings (SSSR count). The molecular weight excluding hydrogens is 408 g/mol. The SMILES string of the molecule is O=C(Nc1ccc2ccccc2c1)C1CCN(S(=O)(=O)c2ccc(Cl)cc2)CC1. The monoisotopic (exact) mass is 428 g/mol. The number of nitrogens with one attached hydrogen (secondary N) is 1. The summed E-state index contributed by atoms with van der Waals surface area (Å²) in [5, 5.41) is 5.65. The van der Waals surface area contributed by atoms with Crippen LogP contribution in [0.1, 0.15) is 12.8 Å². The number of hydrogen-bond donors (Lipinski definition) is 1. The van der Waals surface area contributed by atoms with E-state index >= 15 is 0 Å². The summed E-state index contributed by atoms with van der Waals surface area (Å²) in [5.41, 5.74) is 0.755. The van der Waals surface area contributed by atoms with Gasteiger partial charge in [0, 0.05) is 29.7 Å². The molecule has 1 fully saturated rings. The molecule has 1 heterocycles. The Balaban J connectivity index is 1.39. The lowest BCUT2D eigenvalue weighted by Gasteiger charge is -2.30. The average molecular weight is 429 g/mol. The molecule has 0 atom stereocenters. The highest BCUT2D eigenvalue weighted by atomic mass is 35.5. The van der Waals surface area contributed by atoms with Gasteiger partial charge in [-0.15, -0.1) is 0 Å². The minimum atomic E-state index is -3.57. The maximum Gasteiger partial charge on any atom is 0.243 e. The average Bonchev–Trinajstić information content (AvgIpc) is 2.74. The van der Waals surface area contributed by atoms with E-state index in [4.69, 9.17) is 11.6 Å². The number of benzene rings is 3. The fourth-order valence-corrected chi connectivity index (χ4v) is 5.22. The zero-order valence-corrected chi connectivity index (χ0v) is 17.3. The highest BCUT2D eigenvalue weighted by Crippen LogP contribution is 2.26. The van der Waals surface area contributed by atoms with E-state index in [1.807, 2.05) is 42.5 Å². The first-order valence-electron chi connectivity index (χ1n) is 9.49. The van der Waals surface area contributed by atoms with Crippen molar-refractivity contribution in [1.82, 2.24) is 4.31 Å². The van der Waals surface area contributed by atoms with Crippen LogP contribution >= 0.6 is 11.6 Å². The molecule has 0 unspecified atom stereocenters. The summed E-state index contributed by atoms with van der Waals surface area (Å²) in [5.74, 6) is -0.276. The van der Waals surface area contributed by atoms with Gasteiger partial charge < -0.3 is 5.32 Å². The lowest BCUT2D eigenvalue weighted by atomic mass is 9.97. The van der Waals surface area contributed by atoms with Gasteiger partial charge in [-0.2, -0.15) is 4.31 Å². The van der Waals surface area contributed by atoms with Crippen LogP contribution in [-0.4, -0.2) is 31.7 Å². The van der Waals surface area contributed by atoms with Crippen LogP contribution in [0.4, 0.5) is 5.69 Å². The third-order valence-electron chi connectivity index (χ3n) is 5.29. The van der Waals surface area contributed by atoms with E-state index in [0.717, 1.165) is 16.5 Å². The summed E-state index contributed by atoms with van der Waals surface area (Å²) in [6.07, 6.45) is 0.985. The molecule has 7 heteroatoms. The number of anilines is 1. The zero-order valence-electron chi connectivity index (χ0n) is 15.7. The molecule has 0 spiro atoms. The number of fused-ring (bicyclic) bond motifs is 1. The molecule has 1 amide bonds. The lowest BCUT2D eigenvalue weighted by molar-refractivity contribution is -0.120. The maximum absolute atomic E-state index is 12.8. The molecule has 1 N–H and O–H groups in total. The Bertz CT molecular complexity index is 1140. The van der Waals surface area contributed by atoms with E-state index in [0.29, 0.717) is 31.0 Å². The van der Waals surface area contributed by atoms with E-state index in [-0.39, 0.29) is 16.7 Å². The van der Waals surface area contributed by atoms with Gasteiger partial charge in [0.1, 0.15) is 0 Å². The lowest BCUT2D eigenvalue weighted by Crippen LogP contribution is -2.41. The first-order chi connectivity index (χ1) is 13.9. The highest BCUT2D eigenvalue weighted by molar-refractivity contribution is 7.89. The predicted molar refractivity (Wildman–Crippen MR) is 116 cm³/mol. The van der Waals surface area contributed by atoms with Crippen molar-refractivity contribution >= 4 is 44.0 Å². The summed E-state index contributed by atoms with van der Waals surface area (Å²) >= 11 is 5.85. The van der Waals surface area contributed by atoms with Crippen LogP contribution in [0, 0.1) is 5.92 Å². The van der Waals surface area contributed by atoms with Gasteiger partial charge in [-0.05, 0) is 60.0 Å². The van der Waals surface area contributed by atoms with Crippen LogP contribution in [0.2, 0.25) is 5.02 Å². The third-order valence-corrected chi connectivity index (χ3v) is 7.46. The van der Waals surface area contributed by atoms with Crippen molar-refractivity contribution in [3.8, 4) is 0 Å².